The second-order valence-electron chi connectivity index (χ2n) is 2.63. The molecule has 0 rings (SSSR count). The van der Waals surface area contributed by atoms with Gasteiger partial charge in [0.25, 0.3) is 0 Å². The van der Waals surface area contributed by atoms with Crippen molar-refractivity contribution < 1.29 is 4.79 Å². The molecule has 0 radical (unpaired) electrons. The van der Waals surface area contributed by atoms with Gasteiger partial charge >= 0.3 is 0 Å². The maximum Gasteiger partial charge on any atom is 0.238 e. The molecule has 0 aliphatic rings. The number of nitrogens with two attached hydrogens (primary N) is 5. The minimum absolute atomic E-state index is 0.731. The van der Waals surface area contributed by atoms with Gasteiger partial charge in [0.15, 0.2) is 0 Å². The zero-order valence-electron chi connectivity index (χ0n) is 7.03. The van der Waals surface area contributed by atoms with Crippen LogP contribution in [-0.2, 0) is 4.79 Å². The quantitative estimate of drug-likeness (QED) is 0.170. The van der Waals surface area contributed by atoms with E-state index in [2.05, 4.69) is 5.32 Å². The SMILES string of the molecule is N=CC(N)(NC(N)N)C(N)C(N)=O. The zero-order valence-corrected chi connectivity index (χ0v) is 7.03. The first-order valence-corrected chi connectivity index (χ1v) is 3.47. The van der Waals surface area contributed by atoms with Crippen LogP contribution in [0, 0.1) is 5.41 Å². The molecular formula is C5H15N7O. The fourth-order valence-corrected chi connectivity index (χ4v) is 0.745. The summed E-state index contributed by atoms with van der Waals surface area (Å²) in [5, 5.41) is 9.31. The van der Waals surface area contributed by atoms with Crippen molar-refractivity contribution in [2.75, 3.05) is 0 Å². The molecule has 0 aliphatic carbocycles. The molecule has 8 nitrogen and oxygen atoms in total. The molecule has 0 saturated carbocycles. The van der Waals surface area contributed by atoms with E-state index in [1.54, 1.807) is 0 Å². The van der Waals surface area contributed by atoms with Crippen molar-refractivity contribution in [1.82, 2.24) is 5.32 Å². The molecule has 0 aliphatic heterocycles. The average Bonchev–Trinajstić information content (AvgIpc) is 2.01. The lowest BCUT2D eigenvalue weighted by atomic mass is 10.0. The second-order valence-corrected chi connectivity index (χ2v) is 2.63. The standard InChI is InChI=1S/C5H15N7O/c6-1-5(11,12-4(9)10)2(7)3(8)13/h1-2,4,6,12H,7,9-11H2,(H2,8,13). The van der Waals surface area contributed by atoms with Crippen LogP contribution in [0.25, 0.3) is 0 Å². The molecule has 2 atom stereocenters. The lowest BCUT2D eigenvalue weighted by Crippen LogP contribution is -2.73. The van der Waals surface area contributed by atoms with Crippen molar-refractivity contribution in [1.29, 1.82) is 5.41 Å². The minimum Gasteiger partial charge on any atom is -0.368 e. The summed E-state index contributed by atoms with van der Waals surface area (Å²) >= 11 is 0. The first kappa shape index (κ1) is 11.9. The van der Waals surface area contributed by atoms with Crippen LogP contribution in [0.4, 0.5) is 0 Å². The van der Waals surface area contributed by atoms with E-state index in [0.717, 1.165) is 6.21 Å². The Morgan fingerprint density at radius 2 is 1.92 bits per heavy atom. The average molecular weight is 189 g/mol. The van der Waals surface area contributed by atoms with Crippen molar-refractivity contribution >= 4 is 12.1 Å². The number of hydrogen-bond acceptors (Lipinski definition) is 7. The Morgan fingerprint density at radius 3 is 2.15 bits per heavy atom. The molecule has 12 N–H and O–H groups in total. The summed E-state index contributed by atoms with van der Waals surface area (Å²) in [6.45, 7) is 0. The number of carbonyl (C=O) groups is 1. The molecule has 0 spiro atoms. The van der Waals surface area contributed by atoms with Crippen molar-refractivity contribution in [2.24, 2.45) is 28.7 Å². The molecule has 2 unspecified atom stereocenters. The maximum absolute atomic E-state index is 10.7. The molecule has 8 heteroatoms. The van der Waals surface area contributed by atoms with Crippen LogP contribution in [0.15, 0.2) is 0 Å². The van der Waals surface area contributed by atoms with Crippen LogP contribution in [0.3, 0.4) is 0 Å². The molecule has 0 aromatic carbocycles. The number of hydrogen-bond donors (Lipinski definition) is 7. The van der Waals surface area contributed by atoms with E-state index in [9.17, 15) is 4.79 Å². The summed E-state index contributed by atoms with van der Waals surface area (Å²) in [7, 11) is 0. The van der Waals surface area contributed by atoms with Crippen molar-refractivity contribution in [3.63, 3.8) is 0 Å². The summed E-state index contributed by atoms with van der Waals surface area (Å²) in [5.74, 6) is -0.848. The van der Waals surface area contributed by atoms with E-state index >= 15 is 0 Å². The molecule has 13 heavy (non-hydrogen) atoms. The molecular weight excluding hydrogens is 174 g/mol. The van der Waals surface area contributed by atoms with Gasteiger partial charge < -0.3 is 34.1 Å². The number of amides is 1. The van der Waals surface area contributed by atoms with E-state index in [1.807, 2.05) is 0 Å². The van der Waals surface area contributed by atoms with Crippen LogP contribution < -0.4 is 34.0 Å². The highest BCUT2D eigenvalue weighted by Gasteiger charge is 2.34. The van der Waals surface area contributed by atoms with Crippen LogP contribution in [0.1, 0.15) is 0 Å². The third-order valence-corrected chi connectivity index (χ3v) is 1.48. The van der Waals surface area contributed by atoms with E-state index in [4.69, 9.17) is 34.1 Å². The summed E-state index contributed by atoms with van der Waals surface area (Å²) in [6.07, 6.45) is -0.258. The smallest absolute Gasteiger partial charge is 0.238 e. The Morgan fingerprint density at radius 1 is 1.46 bits per heavy atom. The lowest BCUT2D eigenvalue weighted by molar-refractivity contribution is -0.120. The molecule has 0 bridgehead atoms. The zero-order chi connectivity index (χ0) is 10.6. The normalized spacial score (nSPS) is 17.9. The summed E-state index contributed by atoms with van der Waals surface area (Å²) in [6, 6.07) is -1.26. The number of carbonyl (C=O) groups excluding carboxylic acids is 1. The van der Waals surface area contributed by atoms with Gasteiger partial charge in [0, 0.05) is 6.21 Å². The summed E-state index contributed by atoms with van der Waals surface area (Å²) in [4.78, 5) is 10.7. The molecule has 0 saturated heterocycles. The molecule has 1 amide bonds. The molecule has 0 fully saturated rings. The van der Waals surface area contributed by atoms with Crippen molar-refractivity contribution in [3.8, 4) is 0 Å². The maximum atomic E-state index is 10.7. The fourth-order valence-electron chi connectivity index (χ4n) is 0.745. The van der Waals surface area contributed by atoms with E-state index in [-0.39, 0.29) is 0 Å². The van der Waals surface area contributed by atoms with E-state index in [0.29, 0.717) is 0 Å². The Bertz CT molecular complexity index is 205. The predicted molar refractivity (Wildman–Crippen MR) is 48.2 cm³/mol. The summed E-state index contributed by atoms with van der Waals surface area (Å²) < 4.78 is 0. The van der Waals surface area contributed by atoms with Gasteiger partial charge in [-0.3, -0.25) is 10.1 Å². The first-order valence-electron chi connectivity index (χ1n) is 3.47. The molecule has 0 heterocycles. The fraction of sp³-hybridized carbons (Fsp3) is 0.600. The van der Waals surface area contributed by atoms with Gasteiger partial charge in [0.05, 0.1) is 0 Å². The summed E-state index contributed by atoms with van der Waals surface area (Å²) in [5.41, 5.74) is 24.5. The highest BCUT2D eigenvalue weighted by molar-refractivity contribution is 5.87. The van der Waals surface area contributed by atoms with Crippen LogP contribution in [-0.4, -0.2) is 30.1 Å². The Balaban J connectivity index is 4.61. The van der Waals surface area contributed by atoms with Gasteiger partial charge in [0.2, 0.25) is 5.91 Å². The van der Waals surface area contributed by atoms with Gasteiger partial charge in [-0.25, -0.2) is 0 Å². The number of primary amides is 1. The van der Waals surface area contributed by atoms with Crippen LogP contribution >= 0.6 is 0 Å². The number of rotatable bonds is 5. The predicted octanol–water partition coefficient (Wildman–Crippen LogP) is -4.11. The van der Waals surface area contributed by atoms with Gasteiger partial charge in [-0.05, 0) is 0 Å². The minimum atomic E-state index is -1.61. The Labute approximate surface area is 75.3 Å². The van der Waals surface area contributed by atoms with Gasteiger partial charge in [0.1, 0.15) is 18.0 Å². The molecule has 76 valence electrons. The monoisotopic (exact) mass is 189 g/mol. The highest BCUT2D eigenvalue weighted by Crippen LogP contribution is 1.96. The number of nitrogens with one attached hydrogen (secondary N) is 2. The van der Waals surface area contributed by atoms with Gasteiger partial charge in [-0.2, -0.15) is 0 Å². The third kappa shape index (κ3) is 3.05. The molecule has 0 aromatic heterocycles. The topological polar surface area (TPSA) is 183 Å². The second kappa shape index (κ2) is 4.25. The van der Waals surface area contributed by atoms with E-state index in [1.165, 1.54) is 0 Å². The van der Waals surface area contributed by atoms with E-state index < -0.39 is 23.9 Å². The van der Waals surface area contributed by atoms with Crippen molar-refractivity contribution in [3.05, 3.63) is 0 Å². The highest BCUT2D eigenvalue weighted by atomic mass is 16.1. The van der Waals surface area contributed by atoms with Crippen molar-refractivity contribution in [2.45, 2.75) is 18.0 Å². The first-order chi connectivity index (χ1) is 5.83. The van der Waals surface area contributed by atoms with Gasteiger partial charge in [-0.1, -0.05) is 0 Å². The molecule has 0 aromatic rings. The third-order valence-electron chi connectivity index (χ3n) is 1.48. The van der Waals surface area contributed by atoms with Crippen LogP contribution in [0.5, 0.6) is 0 Å². The van der Waals surface area contributed by atoms with Gasteiger partial charge in [-0.15, -0.1) is 0 Å². The van der Waals surface area contributed by atoms with Crippen LogP contribution in [0.2, 0.25) is 0 Å². The Hall–Kier alpha value is -1.06. The lowest BCUT2D eigenvalue weighted by Gasteiger charge is -2.31. The largest absolute Gasteiger partial charge is 0.368 e. The Kier molecular flexibility index (Phi) is 3.91.